The molecule has 1 heterocycles. The molecule has 0 spiro atoms. The highest BCUT2D eigenvalue weighted by molar-refractivity contribution is 6.27. The fraction of sp³-hybridized carbons (Fsp3) is 0.333. The quantitative estimate of drug-likeness (QED) is 0.763. The van der Waals surface area contributed by atoms with Crippen LogP contribution in [0.3, 0.4) is 0 Å². The first-order valence-electron chi connectivity index (χ1n) is 8.92. The number of hydrogen-bond donors (Lipinski definition) is 1. The summed E-state index contributed by atoms with van der Waals surface area (Å²) >= 11 is 0. The summed E-state index contributed by atoms with van der Waals surface area (Å²) in [6.45, 7) is 6.81. The molecule has 4 heteroatoms. The van der Waals surface area contributed by atoms with Crippen LogP contribution >= 0.6 is 0 Å². The largest absolute Gasteiger partial charge is 0.322 e. The van der Waals surface area contributed by atoms with E-state index < -0.39 is 0 Å². The van der Waals surface area contributed by atoms with Crippen molar-refractivity contribution >= 4 is 34.0 Å². The van der Waals surface area contributed by atoms with Gasteiger partial charge in [0.1, 0.15) is 0 Å². The maximum Gasteiger partial charge on any atom is 0.258 e. The van der Waals surface area contributed by atoms with Gasteiger partial charge >= 0.3 is 0 Å². The Balaban J connectivity index is 2.02. The molecule has 0 atom stereocenters. The maximum absolute atomic E-state index is 12.7. The molecule has 0 bridgehead atoms. The zero-order valence-electron chi connectivity index (χ0n) is 15.1. The van der Waals surface area contributed by atoms with E-state index in [1.165, 1.54) is 0 Å². The molecule has 1 N–H and O–H groups in total. The molecule has 0 unspecified atom stereocenters. The topological polar surface area (TPSA) is 49.4 Å². The lowest BCUT2D eigenvalue weighted by molar-refractivity contribution is -0.111. The van der Waals surface area contributed by atoms with Gasteiger partial charge in [-0.05, 0) is 38.0 Å². The summed E-state index contributed by atoms with van der Waals surface area (Å²) in [7, 11) is 0. The molecule has 0 saturated heterocycles. The van der Waals surface area contributed by atoms with E-state index in [2.05, 4.69) is 12.2 Å². The molecule has 2 aromatic carbocycles. The molecule has 0 aliphatic carbocycles. The van der Waals surface area contributed by atoms with Gasteiger partial charge in [0.05, 0.1) is 5.69 Å². The van der Waals surface area contributed by atoms with Crippen molar-refractivity contribution in [2.75, 3.05) is 16.8 Å². The van der Waals surface area contributed by atoms with E-state index >= 15 is 0 Å². The smallest absolute Gasteiger partial charge is 0.258 e. The van der Waals surface area contributed by atoms with E-state index in [9.17, 15) is 9.59 Å². The molecule has 130 valence electrons. The van der Waals surface area contributed by atoms with Crippen LogP contribution in [0.15, 0.2) is 42.0 Å². The average Bonchev–Trinajstić information content (AvgIpc) is 2.88. The Morgan fingerprint density at radius 1 is 1.20 bits per heavy atom. The normalized spacial score (nSPS) is 13.6. The van der Waals surface area contributed by atoms with Crippen molar-refractivity contribution in [2.24, 2.45) is 0 Å². The van der Waals surface area contributed by atoms with E-state index in [4.69, 9.17) is 0 Å². The number of rotatable bonds is 6. The third-order valence-electron chi connectivity index (χ3n) is 4.71. The predicted molar refractivity (Wildman–Crippen MR) is 103 cm³/mol. The van der Waals surface area contributed by atoms with Crippen molar-refractivity contribution in [3.63, 3.8) is 0 Å². The predicted octanol–water partition coefficient (Wildman–Crippen LogP) is 4.89. The maximum atomic E-state index is 12.7. The molecule has 4 nitrogen and oxygen atoms in total. The first-order chi connectivity index (χ1) is 12.1. The number of nitrogens with zero attached hydrogens (tertiary/aromatic N) is 1. The molecular formula is C21H24N2O2. The Morgan fingerprint density at radius 3 is 2.72 bits per heavy atom. The monoisotopic (exact) mass is 336 g/mol. The first-order valence-corrected chi connectivity index (χ1v) is 8.92. The number of nitrogens with one attached hydrogen (secondary N) is 1. The molecule has 2 amide bonds. The SMILES string of the molecule is CCCCN1C(=O)c2cccc3c(NC(=O)/C=C(\C)CC)ccc1c23. The lowest BCUT2D eigenvalue weighted by atomic mass is 10.0. The van der Waals surface area contributed by atoms with Gasteiger partial charge in [0, 0.05) is 34.6 Å². The first kappa shape index (κ1) is 17.2. The van der Waals surface area contributed by atoms with Crippen molar-refractivity contribution in [2.45, 2.75) is 40.0 Å². The zero-order chi connectivity index (χ0) is 18.0. The highest BCUT2D eigenvalue weighted by atomic mass is 16.2. The van der Waals surface area contributed by atoms with Gasteiger partial charge in [-0.15, -0.1) is 0 Å². The lowest BCUT2D eigenvalue weighted by Gasteiger charge is -2.17. The molecular weight excluding hydrogens is 312 g/mol. The minimum absolute atomic E-state index is 0.0549. The summed E-state index contributed by atoms with van der Waals surface area (Å²) in [6, 6.07) is 9.55. The van der Waals surface area contributed by atoms with Crippen LogP contribution in [0.25, 0.3) is 10.8 Å². The Bertz CT molecular complexity index is 868. The summed E-state index contributed by atoms with van der Waals surface area (Å²) in [4.78, 5) is 26.8. The van der Waals surface area contributed by atoms with E-state index in [-0.39, 0.29) is 11.8 Å². The van der Waals surface area contributed by atoms with Gasteiger partial charge in [0.2, 0.25) is 5.91 Å². The van der Waals surface area contributed by atoms with Crippen LogP contribution in [-0.2, 0) is 4.79 Å². The molecule has 0 saturated carbocycles. The highest BCUT2D eigenvalue weighted by Crippen LogP contribution is 2.40. The molecule has 2 aromatic rings. The van der Waals surface area contributed by atoms with Crippen LogP contribution in [0.5, 0.6) is 0 Å². The molecule has 3 rings (SSSR count). The summed E-state index contributed by atoms with van der Waals surface area (Å²) in [5.41, 5.74) is 3.45. The molecule has 0 aromatic heterocycles. The van der Waals surface area contributed by atoms with E-state index in [1.807, 2.05) is 49.1 Å². The van der Waals surface area contributed by atoms with Gasteiger partial charge in [-0.25, -0.2) is 0 Å². The van der Waals surface area contributed by atoms with Gasteiger partial charge < -0.3 is 10.2 Å². The average molecular weight is 336 g/mol. The Morgan fingerprint density at radius 2 is 2.00 bits per heavy atom. The molecule has 1 aliphatic heterocycles. The highest BCUT2D eigenvalue weighted by Gasteiger charge is 2.29. The zero-order valence-corrected chi connectivity index (χ0v) is 15.1. The summed E-state index contributed by atoms with van der Waals surface area (Å²) in [5, 5.41) is 4.82. The second-order valence-corrected chi connectivity index (χ2v) is 6.50. The van der Waals surface area contributed by atoms with Crippen molar-refractivity contribution in [1.82, 2.24) is 0 Å². The number of carbonyl (C=O) groups is 2. The Labute approximate surface area is 148 Å². The van der Waals surface area contributed by atoms with Crippen molar-refractivity contribution in [3.8, 4) is 0 Å². The van der Waals surface area contributed by atoms with E-state index in [0.29, 0.717) is 0 Å². The van der Waals surface area contributed by atoms with Gasteiger partial charge in [0.25, 0.3) is 5.91 Å². The van der Waals surface area contributed by atoms with Crippen molar-refractivity contribution in [1.29, 1.82) is 0 Å². The Hall–Kier alpha value is -2.62. The number of unbranched alkanes of at least 4 members (excludes halogenated alkanes) is 1. The van der Waals surface area contributed by atoms with Crippen LogP contribution in [0.2, 0.25) is 0 Å². The van der Waals surface area contributed by atoms with Gasteiger partial charge in [0.15, 0.2) is 0 Å². The minimum Gasteiger partial charge on any atom is -0.322 e. The van der Waals surface area contributed by atoms with Crippen LogP contribution in [-0.4, -0.2) is 18.4 Å². The third-order valence-corrected chi connectivity index (χ3v) is 4.71. The minimum atomic E-state index is -0.132. The number of amides is 2. The van der Waals surface area contributed by atoms with Gasteiger partial charge in [-0.2, -0.15) is 0 Å². The fourth-order valence-corrected chi connectivity index (χ4v) is 3.19. The summed E-state index contributed by atoms with van der Waals surface area (Å²) in [6.07, 6.45) is 4.49. The third kappa shape index (κ3) is 3.16. The van der Waals surface area contributed by atoms with Crippen LogP contribution in [0.4, 0.5) is 11.4 Å². The van der Waals surface area contributed by atoms with E-state index in [0.717, 1.165) is 59.1 Å². The van der Waals surface area contributed by atoms with Crippen LogP contribution in [0, 0.1) is 0 Å². The Kier molecular flexibility index (Phi) is 4.88. The molecule has 0 fully saturated rings. The standard InChI is InChI=1S/C21H24N2O2/c1-4-6-12-23-18-11-10-17(22-19(24)13-14(3)5-2)15-8-7-9-16(20(15)18)21(23)25/h7-11,13H,4-6,12H2,1-3H3,(H,22,24)/b14-13+. The number of carbonyl (C=O) groups excluding carboxylic acids is 2. The number of allylic oxidation sites excluding steroid dienone is 1. The fourth-order valence-electron chi connectivity index (χ4n) is 3.19. The molecule has 25 heavy (non-hydrogen) atoms. The second-order valence-electron chi connectivity index (χ2n) is 6.50. The number of hydrogen-bond acceptors (Lipinski definition) is 2. The van der Waals surface area contributed by atoms with Crippen LogP contribution in [0.1, 0.15) is 50.4 Å². The van der Waals surface area contributed by atoms with Crippen molar-refractivity contribution in [3.05, 3.63) is 47.5 Å². The van der Waals surface area contributed by atoms with Gasteiger partial charge in [-0.1, -0.05) is 38.0 Å². The lowest BCUT2D eigenvalue weighted by Crippen LogP contribution is -2.27. The molecule has 1 aliphatic rings. The summed E-state index contributed by atoms with van der Waals surface area (Å²) < 4.78 is 0. The van der Waals surface area contributed by atoms with Gasteiger partial charge in [-0.3, -0.25) is 9.59 Å². The van der Waals surface area contributed by atoms with E-state index in [1.54, 1.807) is 6.08 Å². The van der Waals surface area contributed by atoms with Crippen LogP contribution < -0.4 is 10.2 Å². The summed E-state index contributed by atoms with van der Waals surface area (Å²) in [5.74, 6) is -0.0773. The van der Waals surface area contributed by atoms with Crippen molar-refractivity contribution < 1.29 is 9.59 Å². The molecule has 0 radical (unpaired) electrons. The second kappa shape index (κ2) is 7.09. The number of anilines is 2. The number of benzene rings is 2.